The number of allylic oxidation sites excluding steroid dienone is 4. The molecule has 1 aliphatic heterocycles. The molecule has 0 saturated carbocycles. The van der Waals surface area contributed by atoms with E-state index in [9.17, 15) is 9.59 Å². The van der Waals surface area contributed by atoms with Gasteiger partial charge in [-0.05, 0) is 62.1 Å². The molecule has 0 atom stereocenters. The molecule has 0 amide bonds. The molecule has 37 heavy (non-hydrogen) atoms. The van der Waals surface area contributed by atoms with Crippen LogP contribution in [0.1, 0.15) is 72.8 Å². The third-order valence-corrected chi connectivity index (χ3v) is 5.55. The predicted molar refractivity (Wildman–Crippen MR) is 160 cm³/mol. The molecule has 1 aromatic rings. The van der Waals surface area contributed by atoms with Gasteiger partial charge in [-0.2, -0.15) is 0 Å². The Kier molecular flexibility index (Phi) is 17.4. The van der Waals surface area contributed by atoms with Gasteiger partial charge in [-0.25, -0.2) is 0 Å². The SMILES string of the molecule is C=C/C(CC(=O)OC)=C1/C=C(c2c(Cl)cc(N(CCC)CCC)cc2Cl)C=CN1C.CC(C)=O.CCC. The Hall–Kier alpha value is -2.50. The molecule has 0 aromatic heterocycles. The van der Waals surface area contributed by atoms with Crippen LogP contribution in [0, 0.1) is 0 Å². The van der Waals surface area contributed by atoms with E-state index < -0.39 is 0 Å². The summed E-state index contributed by atoms with van der Waals surface area (Å²) in [5, 5.41) is 1.20. The number of carbonyl (C=O) groups excluding carboxylic acids is 2. The van der Waals surface area contributed by atoms with Crippen LogP contribution in [-0.2, 0) is 14.3 Å². The van der Waals surface area contributed by atoms with Crippen molar-refractivity contribution in [2.24, 2.45) is 0 Å². The van der Waals surface area contributed by atoms with Crippen molar-refractivity contribution in [3.8, 4) is 0 Å². The summed E-state index contributed by atoms with van der Waals surface area (Å²) in [6, 6.07) is 3.96. The average Bonchev–Trinajstić information content (AvgIpc) is 2.83. The fraction of sp³-hybridized carbons (Fsp3) is 0.467. The van der Waals surface area contributed by atoms with Gasteiger partial charge >= 0.3 is 5.97 Å². The van der Waals surface area contributed by atoms with E-state index >= 15 is 0 Å². The van der Waals surface area contributed by atoms with E-state index in [0.29, 0.717) is 10.0 Å². The molecule has 7 heteroatoms. The zero-order valence-corrected chi connectivity index (χ0v) is 25.3. The Bertz CT molecular complexity index is 964. The number of hydrogen-bond donors (Lipinski definition) is 0. The van der Waals surface area contributed by atoms with Gasteiger partial charge in [0.15, 0.2) is 0 Å². The van der Waals surface area contributed by atoms with Crippen LogP contribution in [-0.4, -0.2) is 43.9 Å². The van der Waals surface area contributed by atoms with Crippen LogP contribution in [0.2, 0.25) is 10.0 Å². The van der Waals surface area contributed by atoms with Crippen LogP contribution in [0.15, 0.2) is 54.4 Å². The molecule has 1 aliphatic rings. The van der Waals surface area contributed by atoms with Crippen molar-refractivity contribution < 1.29 is 14.3 Å². The maximum absolute atomic E-state index is 11.8. The van der Waals surface area contributed by atoms with Crippen molar-refractivity contribution in [3.05, 3.63) is 70.0 Å². The van der Waals surface area contributed by atoms with Crippen LogP contribution in [0.5, 0.6) is 0 Å². The van der Waals surface area contributed by atoms with Gasteiger partial charge in [0.2, 0.25) is 0 Å². The quantitative estimate of drug-likeness (QED) is 0.288. The number of ether oxygens (including phenoxy) is 1. The van der Waals surface area contributed by atoms with Crippen molar-refractivity contribution in [2.75, 3.05) is 32.1 Å². The lowest BCUT2D eigenvalue weighted by Gasteiger charge is -2.27. The van der Waals surface area contributed by atoms with Gasteiger partial charge in [0.1, 0.15) is 5.78 Å². The standard InChI is InChI=1S/C24H30Cl2N2O2.C3H6O.C3H8/c1-6-10-28(11-7-2)19-15-20(25)24(21(26)16-19)18-9-12-27(4)22(13-18)17(8-3)14-23(29)30-5;1-3(2)4;1-3-2/h8-9,12-13,15-16H,3,6-7,10-11,14H2,1-2,4-5H3;1-2H3;3H2,1-2H3/b22-17+;;. The predicted octanol–water partition coefficient (Wildman–Crippen LogP) is 8.48. The van der Waals surface area contributed by atoms with Crippen molar-refractivity contribution in [3.63, 3.8) is 0 Å². The van der Waals surface area contributed by atoms with Gasteiger partial charge in [-0.3, -0.25) is 4.79 Å². The molecular formula is C30H44Cl2N2O3. The second kappa shape index (κ2) is 18.7. The minimum absolute atomic E-state index is 0.140. The Balaban J connectivity index is 0.00000165. The molecule has 0 unspecified atom stereocenters. The number of halogens is 2. The van der Waals surface area contributed by atoms with Crippen LogP contribution < -0.4 is 4.90 Å². The van der Waals surface area contributed by atoms with Crippen molar-refractivity contribution in [1.82, 2.24) is 4.90 Å². The highest BCUT2D eigenvalue weighted by Crippen LogP contribution is 2.38. The van der Waals surface area contributed by atoms with Gasteiger partial charge in [0.05, 0.1) is 23.6 Å². The summed E-state index contributed by atoms with van der Waals surface area (Å²) in [4.78, 5) is 25.5. The topological polar surface area (TPSA) is 49.9 Å². The number of Topliss-reactive ketones (excluding diaryl/α,β-unsaturated/α-hetero) is 1. The van der Waals surface area contributed by atoms with Crippen LogP contribution in [0.25, 0.3) is 5.57 Å². The maximum Gasteiger partial charge on any atom is 0.310 e. The summed E-state index contributed by atoms with van der Waals surface area (Å²) in [5.74, 6) is -0.150. The number of methoxy groups -OCH3 is 1. The Morgan fingerprint density at radius 3 is 1.95 bits per heavy atom. The lowest BCUT2D eigenvalue weighted by molar-refractivity contribution is -0.139. The normalized spacial score (nSPS) is 13.4. The Labute approximate surface area is 234 Å². The monoisotopic (exact) mass is 550 g/mol. The van der Waals surface area contributed by atoms with Gasteiger partial charge in [-0.1, -0.05) is 70.0 Å². The number of anilines is 1. The van der Waals surface area contributed by atoms with E-state index in [0.717, 1.165) is 54.0 Å². The van der Waals surface area contributed by atoms with Gasteiger partial charge < -0.3 is 19.3 Å². The number of likely N-dealkylation sites (N-methyl/N-ethyl adjacent to an activating group) is 1. The Morgan fingerprint density at radius 2 is 1.54 bits per heavy atom. The zero-order chi connectivity index (χ0) is 28.5. The zero-order valence-electron chi connectivity index (χ0n) is 23.8. The summed E-state index contributed by atoms with van der Waals surface area (Å²) >= 11 is 13.4. The first-order chi connectivity index (χ1) is 17.5. The lowest BCUT2D eigenvalue weighted by Crippen LogP contribution is -2.24. The summed E-state index contributed by atoms with van der Waals surface area (Å²) in [6.07, 6.45) is 11.0. The van der Waals surface area contributed by atoms with Crippen molar-refractivity contribution in [2.45, 2.75) is 67.2 Å². The number of hydrogen-bond acceptors (Lipinski definition) is 5. The van der Waals surface area contributed by atoms with E-state index in [1.165, 1.54) is 27.4 Å². The molecule has 1 heterocycles. The van der Waals surface area contributed by atoms with Gasteiger partial charge in [0, 0.05) is 43.3 Å². The summed E-state index contributed by atoms with van der Waals surface area (Å²) < 4.78 is 4.81. The van der Waals surface area contributed by atoms with E-state index in [2.05, 4.69) is 39.2 Å². The summed E-state index contributed by atoms with van der Waals surface area (Å²) in [7, 11) is 3.29. The second-order valence-electron chi connectivity index (χ2n) is 8.78. The first kappa shape index (κ1) is 34.5. The first-order valence-corrected chi connectivity index (χ1v) is 13.5. The van der Waals surface area contributed by atoms with Crippen LogP contribution in [0.3, 0.4) is 0 Å². The lowest BCUT2D eigenvalue weighted by atomic mass is 9.98. The third-order valence-electron chi connectivity index (χ3n) is 4.96. The number of benzene rings is 1. The fourth-order valence-electron chi connectivity index (χ4n) is 3.47. The summed E-state index contributed by atoms with van der Waals surface area (Å²) in [6.45, 7) is 17.4. The molecule has 0 N–H and O–H groups in total. The number of ketones is 1. The molecule has 2 rings (SSSR count). The minimum Gasteiger partial charge on any atom is -0.469 e. The smallest absolute Gasteiger partial charge is 0.310 e. The maximum atomic E-state index is 11.8. The number of nitrogens with zero attached hydrogens (tertiary/aromatic N) is 2. The highest BCUT2D eigenvalue weighted by Gasteiger charge is 2.19. The molecule has 0 spiro atoms. The third kappa shape index (κ3) is 12.1. The largest absolute Gasteiger partial charge is 0.469 e. The number of carbonyl (C=O) groups is 2. The Morgan fingerprint density at radius 1 is 1.05 bits per heavy atom. The van der Waals surface area contributed by atoms with Gasteiger partial charge in [0.25, 0.3) is 0 Å². The summed E-state index contributed by atoms with van der Waals surface area (Å²) in [5.41, 5.74) is 4.31. The van der Waals surface area contributed by atoms with Crippen molar-refractivity contribution in [1.29, 1.82) is 0 Å². The number of rotatable bonds is 9. The molecule has 0 bridgehead atoms. The van der Waals surface area contributed by atoms with Crippen LogP contribution >= 0.6 is 23.2 Å². The molecule has 0 aliphatic carbocycles. The fourth-order valence-corrected chi connectivity index (χ4v) is 4.16. The molecule has 206 valence electrons. The van der Waals surface area contributed by atoms with Crippen LogP contribution in [0.4, 0.5) is 5.69 Å². The van der Waals surface area contributed by atoms with E-state index in [4.69, 9.17) is 27.9 Å². The molecular weight excluding hydrogens is 507 g/mol. The minimum atomic E-state index is -0.317. The van der Waals surface area contributed by atoms with Crippen molar-refractivity contribution >= 4 is 46.2 Å². The second-order valence-corrected chi connectivity index (χ2v) is 9.60. The first-order valence-electron chi connectivity index (χ1n) is 12.8. The molecule has 0 fully saturated rings. The van der Waals surface area contributed by atoms with E-state index in [1.54, 1.807) is 6.08 Å². The molecule has 1 aromatic carbocycles. The molecule has 0 saturated heterocycles. The van der Waals surface area contributed by atoms with E-state index in [-0.39, 0.29) is 18.2 Å². The average molecular weight is 552 g/mol. The number of esters is 1. The van der Waals surface area contributed by atoms with E-state index in [1.807, 2.05) is 42.4 Å². The highest BCUT2D eigenvalue weighted by molar-refractivity contribution is 6.38. The highest BCUT2D eigenvalue weighted by atomic mass is 35.5. The molecule has 0 radical (unpaired) electrons. The van der Waals surface area contributed by atoms with Gasteiger partial charge in [-0.15, -0.1) is 0 Å². The molecule has 5 nitrogen and oxygen atoms in total.